The van der Waals surface area contributed by atoms with Crippen LogP contribution in [-0.4, -0.2) is 28.0 Å². The summed E-state index contributed by atoms with van der Waals surface area (Å²) in [5.41, 5.74) is 1.89. The second kappa shape index (κ2) is 7.77. The molecule has 0 aromatic carbocycles. The average molecular weight is 274 g/mol. The average Bonchev–Trinajstić information content (AvgIpc) is 2.56. The number of aliphatic hydroxyl groups is 1. The van der Waals surface area contributed by atoms with Crippen molar-refractivity contribution in [3.63, 3.8) is 0 Å². The van der Waals surface area contributed by atoms with Gasteiger partial charge in [-0.3, -0.25) is 4.68 Å². The van der Waals surface area contributed by atoms with Crippen molar-refractivity contribution in [3.8, 4) is 0 Å². The normalized spacial score (nSPS) is 12.9. The van der Waals surface area contributed by atoms with Crippen LogP contribution in [0.25, 0.3) is 0 Å². The van der Waals surface area contributed by atoms with Gasteiger partial charge in [0, 0.05) is 20.2 Å². The lowest BCUT2D eigenvalue weighted by Crippen LogP contribution is -2.24. The summed E-state index contributed by atoms with van der Waals surface area (Å²) in [6, 6.07) is 0. The number of halogens is 1. The summed E-state index contributed by atoms with van der Waals surface area (Å²) in [5, 5.41) is 17.5. The molecule has 0 aliphatic heterocycles. The molecule has 4 nitrogen and oxygen atoms in total. The van der Waals surface area contributed by atoms with Crippen LogP contribution in [0, 0.1) is 12.8 Å². The van der Waals surface area contributed by atoms with Crippen LogP contribution in [-0.2, 0) is 13.6 Å². The van der Waals surface area contributed by atoms with Gasteiger partial charge in [-0.05, 0) is 32.2 Å². The Labute approximate surface area is 114 Å². The zero-order chi connectivity index (χ0) is 13.5. The highest BCUT2D eigenvalue weighted by Gasteiger charge is 2.12. The van der Waals surface area contributed by atoms with Crippen LogP contribution in [0.1, 0.15) is 37.6 Å². The van der Waals surface area contributed by atoms with Crippen LogP contribution in [0.5, 0.6) is 0 Å². The van der Waals surface area contributed by atoms with Crippen molar-refractivity contribution in [1.29, 1.82) is 0 Å². The monoisotopic (exact) mass is 273 g/mol. The van der Waals surface area contributed by atoms with E-state index in [1.54, 1.807) is 0 Å². The van der Waals surface area contributed by atoms with E-state index < -0.39 is 0 Å². The van der Waals surface area contributed by atoms with Gasteiger partial charge in [-0.1, -0.05) is 24.9 Å². The topological polar surface area (TPSA) is 50.1 Å². The predicted octanol–water partition coefficient (Wildman–Crippen LogP) is 2.27. The maximum atomic E-state index is 9.01. The van der Waals surface area contributed by atoms with E-state index >= 15 is 0 Å². The Morgan fingerprint density at radius 2 is 2.17 bits per heavy atom. The highest BCUT2D eigenvalue weighted by Crippen LogP contribution is 2.19. The number of hydrogen-bond acceptors (Lipinski definition) is 3. The van der Waals surface area contributed by atoms with Gasteiger partial charge in [0.1, 0.15) is 0 Å². The molecule has 0 aliphatic rings. The quantitative estimate of drug-likeness (QED) is 0.764. The Hall–Kier alpha value is -0.580. The molecule has 5 heteroatoms. The van der Waals surface area contributed by atoms with E-state index in [-0.39, 0.29) is 6.61 Å². The van der Waals surface area contributed by atoms with Crippen LogP contribution < -0.4 is 5.32 Å². The van der Waals surface area contributed by atoms with Crippen molar-refractivity contribution >= 4 is 11.6 Å². The first-order chi connectivity index (χ1) is 8.60. The van der Waals surface area contributed by atoms with Gasteiger partial charge in [-0.2, -0.15) is 5.10 Å². The van der Waals surface area contributed by atoms with Crippen LogP contribution >= 0.6 is 11.6 Å². The van der Waals surface area contributed by atoms with Crippen LogP contribution in [0.15, 0.2) is 0 Å². The van der Waals surface area contributed by atoms with Gasteiger partial charge < -0.3 is 10.4 Å². The minimum absolute atomic E-state index is 0.262. The Morgan fingerprint density at radius 1 is 1.44 bits per heavy atom. The molecule has 0 saturated heterocycles. The Morgan fingerprint density at radius 3 is 2.67 bits per heavy atom. The fourth-order valence-corrected chi connectivity index (χ4v) is 2.43. The lowest BCUT2D eigenvalue weighted by Gasteiger charge is -2.15. The standard InChI is InChI=1S/C13H24ClN3O/c1-4-5-11(6-7-18)8-15-9-12-13(14)10(2)16-17(12)3/h11,15,18H,4-9H2,1-3H3. The van der Waals surface area contributed by atoms with Crippen molar-refractivity contribution in [2.24, 2.45) is 13.0 Å². The number of nitrogens with zero attached hydrogens (tertiary/aromatic N) is 2. The molecule has 2 N–H and O–H groups in total. The maximum Gasteiger partial charge on any atom is 0.0860 e. The van der Waals surface area contributed by atoms with Gasteiger partial charge in [-0.25, -0.2) is 0 Å². The molecule has 0 saturated carbocycles. The van der Waals surface area contributed by atoms with E-state index in [2.05, 4.69) is 17.3 Å². The first-order valence-electron chi connectivity index (χ1n) is 6.59. The lowest BCUT2D eigenvalue weighted by atomic mass is 10.0. The fourth-order valence-electron chi connectivity index (χ4n) is 2.21. The van der Waals surface area contributed by atoms with Crippen LogP contribution in [0.4, 0.5) is 0 Å². The molecular weight excluding hydrogens is 250 g/mol. The molecule has 0 spiro atoms. The third-order valence-electron chi connectivity index (χ3n) is 3.22. The number of hydrogen-bond donors (Lipinski definition) is 2. The van der Waals surface area contributed by atoms with E-state index in [9.17, 15) is 0 Å². The van der Waals surface area contributed by atoms with Crippen LogP contribution in [0.3, 0.4) is 0 Å². The predicted molar refractivity (Wildman–Crippen MR) is 74.8 cm³/mol. The SMILES string of the molecule is CCCC(CCO)CNCc1c(Cl)c(C)nn1C. The number of aryl methyl sites for hydroxylation is 2. The molecule has 0 amide bonds. The summed E-state index contributed by atoms with van der Waals surface area (Å²) in [4.78, 5) is 0. The molecule has 1 rings (SSSR count). The van der Waals surface area contributed by atoms with Crippen molar-refractivity contribution in [2.45, 2.75) is 39.7 Å². The number of aliphatic hydroxyl groups excluding tert-OH is 1. The minimum atomic E-state index is 0.262. The summed E-state index contributed by atoms with van der Waals surface area (Å²) >= 11 is 6.19. The van der Waals surface area contributed by atoms with Gasteiger partial charge in [0.25, 0.3) is 0 Å². The number of nitrogens with one attached hydrogen (secondary N) is 1. The molecule has 1 atom stereocenters. The van der Waals surface area contributed by atoms with Gasteiger partial charge in [-0.15, -0.1) is 0 Å². The van der Waals surface area contributed by atoms with Gasteiger partial charge in [0.05, 0.1) is 16.4 Å². The first kappa shape index (κ1) is 15.5. The second-order valence-electron chi connectivity index (χ2n) is 4.77. The molecule has 1 heterocycles. The largest absolute Gasteiger partial charge is 0.396 e. The third-order valence-corrected chi connectivity index (χ3v) is 3.71. The van der Waals surface area contributed by atoms with E-state index in [0.29, 0.717) is 5.92 Å². The number of rotatable bonds is 8. The smallest absolute Gasteiger partial charge is 0.0860 e. The zero-order valence-corrected chi connectivity index (χ0v) is 12.3. The summed E-state index contributed by atoms with van der Waals surface area (Å²) in [6.07, 6.45) is 3.16. The summed E-state index contributed by atoms with van der Waals surface area (Å²) < 4.78 is 1.82. The molecule has 0 radical (unpaired) electrons. The Kier molecular flexibility index (Phi) is 6.68. The maximum absolute atomic E-state index is 9.01. The molecule has 0 fully saturated rings. The highest BCUT2D eigenvalue weighted by atomic mass is 35.5. The minimum Gasteiger partial charge on any atom is -0.396 e. The van der Waals surface area contributed by atoms with Crippen molar-refractivity contribution in [2.75, 3.05) is 13.2 Å². The van der Waals surface area contributed by atoms with Gasteiger partial charge in [0.15, 0.2) is 0 Å². The van der Waals surface area contributed by atoms with Crippen LogP contribution in [0.2, 0.25) is 5.02 Å². The molecule has 0 bridgehead atoms. The van der Waals surface area contributed by atoms with Crippen molar-refractivity contribution in [1.82, 2.24) is 15.1 Å². The molecular formula is C13H24ClN3O. The molecule has 1 aromatic heterocycles. The second-order valence-corrected chi connectivity index (χ2v) is 5.15. The van der Waals surface area contributed by atoms with E-state index in [4.69, 9.17) is 16.7 Å². The van der Waals surface area contributed by atoms with E-state index in [0.717, 1.165) is 48.8 Å². The van der Waals surface area contributed by atoms with E-state index in [1.807, 2.05) is 18.7 Å². The lowest BCUT2D eigenvalue weighted by molar-refractivity contribution is 0.247. The number of aromatic nitrogens is 2. The van der Waals surface area contributed by atoms with E-state index in [1.165, 1.54) is 0 Å². The van der Waals surface area contributed by atoms with Gasteiger partial charge in [0.2, 0.25) is 0 Å². The first-order valence-corrected chi connectivity index (χ1v) is 6.97. The molecule has 1 unspecified atom stereocenters. The Balaban J connectivity index is 2.44. The third kappa shape index (κ3) is 4.26. The van der Waals surface area contributed by atoms with Gasteiger partial charge >= 0.3 is 0 Å². The zero-order valence-electron chi connectivity index (χ0n) is 11.5. The molecule has 18 heavy (non-hydrogen) atoms. The highest BCUT2D eigenvalue weighted by molar-refractivity contribution is 6.31. The molecule has 1 aromatic rings. The molecule has 104 valence electrons. The Bertz CT molecular complexity index is 359. The van der Waals surface area contributed by atoms with Crippen molar-refractivity contribution < 1.29 is 5.11 Å². The fraction of sp³-hybridized carbons (Fsp3) is 0.769. The van der Waals surface area contributed by atoms with Crippen molar-refractivity contribution in [3.05, 3.63) is 16.4 Å². The summed E-state index contributed by atoms with van der Waals surface area (Å²) in [5.74, 6) is 0.535. The summed E-state index contributed by atoms with van der Waals surface area (Å²) in [7, 11) is 1.91. The molecule has 0 aliphatic carbocycles. The summed E-state index contributed by atoms with van der Waals surface area (Å²) in [6.45, 7) is 5.98.